The fourth-order valence-electron chi connectivity index (χ4n) is 0.775. The van der Waals surface area contributed by atoms with Gasteiger partial charge < -0.3 is 0 Å². The van der Waals surface area contributed by atoms with Gasteiger partial charge in [-0.1, -0.05) is 0 Å². The highest BCUT2D eigenvalue weighted by molar-refractivity contribution is 8.09. The van der Waals surface area contributed by atoms with E-state index in [0.29, 0.717) is 0 Å². The number of carbonyl (C=O) groups excluding carboxylic acids is 2. The molecule has 4 heteroatoms. The molecule has 2 amide bonds. The van der Waals surface area contributed by atoms with Crippen LogP contribution in [0.2, 0.25) is 0 Å². The van der Waals surface area contributed by atoms with E-state index in [0.717, 1.165) is 0 Å². The first-order valence-electron chi connectivity index (χ1n) is 2.29. The second kappa shape index (κ2) is 1.07. The van der Waals surface area contributed by atoms with Crippen LogP contribution in [-0.2, 0) is 9.59 Å². The van der Waals surface area contributed by atoms with Gasteiger partial charge in [-0.3, -0.25) is 14.9 Å². The van der Waals surface area contributed by atoms with Crippen LogP contribution in [0.25, 0.3) is 0 Å². The highest BCUT2D eigenvalue weighted by Gasteiger charge is 2.55. The third-order valence-corrected chi connectivity index (χ3v) is 2.50. The second-order valence-corrected chi connectivity index (χ2v) is 3.12. The molecule has 3 nitrogen and oxygen atoms in total. The average molecular weight is 129 g/mol. The van der Waals surface area contributed by atoms with E-state index in [2.05, 4.69) is 5.32 Å². The molecule has 2 fully saturated rings. The van der Waals surface area contributed by atoms with Crippen LogP contribution in [0, 0.1) is 0 Å². The SMILES string of the molecule is O=C1NC(=O)C2SC12. The monoisotopic (exact) mass is 129 g/mol. The van der Waals surface area contributed by atoms with Gasteiger partial charge in [-0.2, -0.15) is 0 Å². The molecule has 1 N–H and O–H groups in total. The molecule has 2 saturated heterocycles. The summed E-state index contributed by atoms with van der Waals surface area (Å²) in [7, 11) is 0. The Morgan fingerprint density at radius 3 is 1.88 bits per heavy atom. The molecule has 0 aromatic carbocycles. The summed E-state index contributed by atoms with van der Waals surface area (Å²) < 4.78 is 0. The maximum atomic E-state index is 10.5. The minimum atomic E-state index is -0.106. The normalized spacial score (nSPS) is 41.5. The smallest absolute Gasteiger partial charge is 0.241 e. The zero-order valence-electron chi connectivity index (χ0n) is 3.88. The summed E-state index contributed by atoms with van der Waals surface area (Å²) >= 11 is 1.43. The van der Waals surface area contributed by atoms with Crippen LogP contribution in [0.15, 0.2) is 0 Å². The van der Waals surface area contributed by atoms with Crippen molar-refractivity contribution < 1.29 is 9.59 Å². The number of fused-ring (bicyclic) bond motifs is 1. The van der Waals surface area contributed by atoms with E-state index >= 15 is 0 Å². The molecule has 0 saturated carbocycles. The molecule has 0 aromatic heterocycles. The van der Waals surface area contributed by atoms with Crippen LogP contribution in [0.1, 0.15) is 0 Å². The van der Waals surface area contributed by atoms with E-state index in [1.807, 2.05) is 0 Å². The van der Waals surface area contributed by atoms with Crippen molar-refractivity contribution in [2.45, 2.75) is 10.5 Å². The van der Waals surface area contributed by atoms with Gasteiger partial charge in [0.15, 0.2) is 0 Å². The molecule has 0 aliphatic carbocycles. The Morgan fingerprint density at radius 1 is 1.25 bits per heavy atom. The Morgan fingerprint density at radius 2 is 1.75 bits per heavy atom. The molecule has 2 rings (SSSR count). The minimum Gasteiger partial charge on any atom is -0.294 e. The molecule has 2 aliphatic heterocycles. The Hall–Kier alpha value is -0.510. The molecular formula is C4H3NO2S. The van der Waals surface area contributed by atoms with E-state index in [1.54, 1.807) is 0 Å². The predicted octanol–water partition coefficient (Wildman–Crippen LogP) is -0.873. The number of imide groups is 1. The third kappa shape index (κ3) is 0.362. The lowest BCUT2D eigenvalue weighted by Crippen LogP contribution is -2.24. The number of hydrogen-bond acceptors (Lipinski definition) is 3. The summed E-state index contributed by atoms with van der Waals surface area (Å²) in [5, 5.41) is 2.17. The lowest BCUT2D eigenvalue weighted by molar-refractivity contribution is -0.124. The van der Waals surface area contributed by atoms with Crippen molar-refractivity contribution in [2.75, 3.05) is 0 Å². The summed E-state index contributed by atoms with van der Waals surface area (Å²) in [4.78, 5) is 20.9. The highest BCUT2D eigenvalue weighted by atomic mass is 32.2. The van der Waals surface area contributed by atoms with Crippen molar-refractivity contribution in [1.82, 2.24) is 5.32 Å². The topological polar surface area (TPSA) is 46.2 Å². The van der Waals surface area contributed by atoms with E-state index in [9.17, 15) is 9.59 Å². The molecule has 2 unspecified atom stereocenters. The van der Waals surface area contributed by atoms with Crippen molar-refractivity contribution in [3.05, 3.63) is 0 Å². The summed E-state index contributed by atoms with van der Waals surface area (Å²) in [5.41, 5.74) is 0. The number of carbonyl (C=O) groups is 2. The minimum absolute atomic E-state index is 0.0255. The van der Waals surface area contributed by atoms with Gasteiger partial charge in [0.2, 0.25) is 11.8 Å². The number of hydrogen-bond donors (Lipinski definition) is 1. The Kier molecular flexibility index (Phi) is 0.588. The predicted molar refractivity (Wildman–Crippen MR) is 28.3 cm³/mol. The molecule has 2 aliphatic rings. The summed E-state index contributed by atoms with van der Waals surface area (Å²) in [6.07, 6.45) is 0. The summed E-state index contributed by atoms with van der Waals surface area (Å²) in [5.74, 6) is -0.213. The zero-order chi connectivity index (χ0) is 5.72. The van der Waals surface area contributed by atoms with Crippen molar-refractivity contribution in [2.24, 2.45) is 0 Å². The van der Waals surface area contributed by atoms with Gasteiger partial charge in [-0.05, 0) is 0 Å². The quantitative estimate of drug-likeness (QED) is 0.341. The molecule has 0 radical (unpaired) electrons. The van der Waals surface area contributed by atoms with Gasteiger partial charge in [-0.25, -0.2) is 0 Å². The molecule has 0 bridgehead atoms. The molecule has 8 heavy (non-hydrogen) atoms. The first-order valence-corrected chi connectivity index (χ1v) is 3.23. The number of amides is 2. The standard InChI is InChI=1S/C4H3NO2S/c6-3-1-2(8-1)4(7)5-3/h1-2H,(H,5,6,7). The average Bonchev–Trinajstić information content (AvgIpc) is 2.35. The van der Waals surface area contributed by atoms with Crippen LogP contribution < -0.4 is 5.32 Å². The Bertz CT molecular complexity index is 161. The highest BCUT2D eigenvalue weighted by Crippen LogP contribution is 2.44. The molecular weight excluding hydrogens is 126 g/mol. The third-order valence-electron chi connectivity index (χ3n) is 1.25. The molecule has 0 aromatic rings. The van der Waals surface area contributed by atoms with E-state index in [1.165, 1.54) is 11.8 Å². The summed E-state index contributed by atoms with van der Waals surface area (Å²) in [6, 6.07) is 0. The lowest BCUT2D eigenvalue weighted by Gasteiger charge is -1.88. The number of thioether (sulfide) groups is 1. The van der Waals surface area contributed by atoms with Gasteiger partial charge in [0.25, 0.3) is 0 Å². The fraction of sp³-hybridized carbons (Fsp3) is 0.500. The Balaban J connectivity index is 2.31. The largest absolute Gasteiger partial charge is 0.294 e. The van der Waals surface area contributed by atoms with Gasteiger partial charge in [0.05, 0.1) is 0 Å². The van der Waals surface area contributed by atoms with E-state index in [-0.39, 0.29) is 22.3 Å². The molecule has 2 heterocycles. The van der Waals surface area contributed by atoms with E-state index in [4.69, 9.17) is 0 Å². The van der Waals surface area contributed by atoms with Crippen LogP contribution >= 0.6 is 11.8 Å². The zero-order valence-corrected chi connectivity index (χ0v) is 4.70. The Labute approximate surface area is 49.8 Å². The van der Waals surface area contributed by atoms with Gasteiger partial charge in [-0.15, -0.1) is 11.8 Å². The van der Waals surface area contributed by atoms with Crippen molar-refractivity contribution >= 4 is 23.6 Å². The maximum absolute atomic E-state index is 10.5. The van der Waals surface area contributed by atoms with Gasteiger partial charge in [0, 0.05) is 0 Å². The van der Waals surface area contributed by atoms with Crippen LogP contribution in [0.3, 0.4) is 0 Å². The van der Waals surface area contributed by atoms with Gasteiger partial charge >= 0.3 is 0 Å². The van der Waals surface area contributed by atoms with Crippen molar-refractivity contribution in [1.29, 1.82) is 0 Å². The molecule has 0 spiro atoms. The molecule has 42 valence electrons. The summed E-state index contributed by atoms with van der Waals surface area (Å²) in [6.45, 7) is 0. The first kappa shape index (κ1) is 4.38. The second-order valence-electron chi connectivity index (χ2n) is 1.83. The van der Waals surface area contributed by atoms with Crippen molar-refractivity contribution in [3.8, 4) is 0 Å². The lowest BCUT2D eigenvalue weighted by atomic mass is 10.4. The van der Waals surface area contributed by atoms with Crippen LogP contribution in [0.4, 0.5) is 0 Å². The van der Waals surface area contributed by atoms with E-state index < -0.39 is 0 Å². The molecule has 2 atom stereocenters. The van der Waals surface area contributed by atoms with Gasteiger partial charge in [0.1, 0.15) is 10.5 Å². The van der Waals surface area contributed by atoms with Crippen LogP contribution in [-0.4, -0.2) is 22.3 Å². The number of rotatable bonds is 0. The maximum Gasteiger partial charge on any atom is 0.241 e. The first-order chi connectivity index (χ1) is 3.79. The van der Waals surface area contributed by atoms with Crippen LogP contribution in [0.5, 0.6) is 0 Å². The number of nitrogens with one attached hydrogen (secondary N) is 1. The fourth-order valence-corrected chi connectivity index (χ4v) is 1.61. The van der Waals surface area contributed by atoms with Crippen molar-refractivity contribution in [3.63, 3.8) is 0 Å².